The molecule has 0 spiro atoms. The highest BCUT2D eigenvalue weighted by molar-refractivity contribution is 9.10. The number of benzene rings is 1. The molecular weight excluding hydrogens is 225 g/mol. The summed E-state index contributed by atoms with van der Waals surface area (Å²) in [6, 6.07) is 7.50. The van der Waals surface area contributed by atoms with Crippen molar-refractivity contribution in [2.24, 2.45) is 0 Å². The summed E-state index contributed by atoms with van der Waals surface area (Å²) in [5.74, 6) is 0.476. The van der Waals surface area contributed by atoms with Gasteiger partial charge in [0.05, 0.1) is 5.56 Å². The summed E-state index contributed by atoms with van der Waals surface area (Å²) in [5.41, 5.74) is 1.65. The van der Waals surface area contributed by atoms with E-state index in [2.05, 4.69) is 22.0 Å². The Labute approximate surface area is 78.7 Å². The molecule has 0 saturated carbocycles. The van der Waals surface area contributed by atoms with Gasteiger partial charge in [-0.1, -0.05) is 6.07 Å². The monoisotopic (exact) mass is 229 g/mol. The molecular formula is C8H5BrClN. The Morgan fingerprint density at radius 2 is 2.27 bits per heavy atom. The van der Waals surface area contributed by atoms with E-state index in [1.54, 1.807) is 6.07 Å². The van der Waals surface area contributed by atoms with Crippen molar-refractivity contribution in [3.05, 3.63) is 33.8 Å². The molecule has 0 fully saturated rings. The third kappa shape index (κ3) is 1.95. The molecule has 1 rings (SSSR count). The molecule has 1 nitrogen and oxygen atoms in total. The molecule has 0 unspecified atom stereocenters. The van der Waals surface area contributed by atoms with E-state index in [-0.39, 0.29) is 0 Å². The van der Waals surface area contributed by atoms with Gasteiger partial charge in [-0.05, 0) is 33.6 Å². The summed E-state index contributed by atoms with van der Waals surface area (Å²) in [5, 5.41) is 8.57. The summed E-state index contributed by atoms with van der Waals surface area (Å²) >= 11 is 8.86. The van der Waals surface area contributed by atoms with Crippen LogP contribution in [0.1, 0.15) is 11.1 Å². The van der Waals surface area contributed by atoms with Crippen LogP contribution in [0.3, 0.4) is 0 Å². The minimum absolute atomic E-state index is 0.476. The number of nitriles is 1. The number of hydrogen-bond donors (Lipinski definition) is 0. The minimum atomic E-state index is 0.476. The lowest BCUT2D eigenvalue weighted by Gasteiger charge is -1.97. The second kappa shape index (κ2) is 3.75. The summed E-state index contributed by atoms with van der Waals surface area (Å²) < 4.78 is 0.804. The summed E-state index contributed by atoms with van der Waals surface area (Å²) in [6.45, 7) is 0. The van der Waals surface area contributed by atoms with E-state index in [1.807, 2.05) is 12.1 Å². The summed E-state index contributed by atoms with van der Waals surface area (Å²) in [4.78, 5) is 0. The molecule has 11 heavy (non-hydrogen) atoms. The first-order valence-electron chi connectivity index (χ1n) is 3.02. The molecule has 0 saturated heterocycles. The zero-order chi connectivity index (χ0) is 8.27. The standard InChI is InChI=1S/C8H5BrClN/c9-8-3-6(4-10)1-2-7(8)5-11/h1-3H,4H2. The van der Waals surface area contributed by atoms with Crippen molar-refractivity contribution in [1.29, 1.82) is 5.26 Å². The van der Waals surface area contributed by atoms with Crippen LogP contribution in [0.25, 0.3) is 0 Å². The minimum Gasteiger partial charge on any atom is -0.192 e. The normalized spacial score (nSPS) is 9.18. The highest BCUT2D eigenvalue weighted by Gasteiger charge is 1.98. The molecule has 0 radical (unpaired) electrons. The molecule has 0 aliphatic rings. The van der Waals surface area contributed by atoms with Gasteiger partial charge >= 0.3 is 0 Å². The van der Waals surface area contributed by atoms with Crippen LogP contribution in [0, 0.1) is 11.3 Å². The molecule has 0 heterocycles. The van der Waals surface area contributed by atoms with E-state index in [0.29, 0.717) is 11.4 Å². The fraction of sp³-hybridized carbons (Fsp3) is 0.125. The zero-order valence-corrected chi connectivity index (χ0v) is 7.98. The molecule has 0 aliphatic heterocycles. The molecule has 1 aromatic rings. The van der Waals surface area contributed by atoms with Crippen LogP contribution < -0.4 is 0 Å². The van der Waals surface area contributed by atoms with Crippen molar-refractivity contribution in [2.75, 3.05) is 0 Å². The van der Waals surface area contributed by atoms with Gasteiger partial charge in [0.25, 0.3) is 0 Å². The Balaban J connectivity index is 3.12. The predicted molar refractivity (Wildman–Crippen MR) is 48.4 cm³/mol. The molecule has 0 aliphatic carbocycles. The van der Waals surface area contributed by atoms with Crippen LogP contribution >= 0.6 is 27.5 Å². The zero-order valence-electron chi connectivity index (χ0n) is 5.64. The van der Waals surface area contributed by atoms with Crippen molar-refractivity contribution < 1.29 is 0 Å². The van der Waals surface area contributed by atoms with E-state index >= 15 is 0 Å². The van der Waals surface area contributed by atoms with Gasteiger partial charge in [-0.2, -0.15) is 5.26 Å². The first-order chi connectivity index (χ1) is 5.27. The first kappa shape index (κ1) is 8.58. The van der Waals surface area contributed by atoms with E-state index in [4.69, 9.17) is 16.9 Å². The largest absolute Gasteiger partial charge is 0.192 e. The highest BCUT2D eigenvalue weighted by Crippen LogP contribution is 2.18. The van der Waals surface area contributed by atoms with Crippen LogP contribution in [-0.4, -0.2) is 0 Å². The second-order valence-electron chi connectivity index (χ2n) is 2.06. The maximum absolute atomic E-state index is 8.57. The van der Waals surface area contributed by atoms with E-state index in [0.717, 1.165) is 10.0 Å². The van der Waals surface area contributed by atoms with E-state index in [1.165, 1.54) is 0 Å². The van der Waals surface area contributed by atoms with Crippen LogP contribution in [0.2, 0.25) is 0 Å². The van der Waals surface area contributed by atoms with Crippen molar-refractivity contribution in [3.63, 3.8) is 0 Å². The smallest absolute Gasteiger partial charge is 0.100 e. The number of halogens is 2. The van der Waals surface area contributed by atoms with Crippen LogP contribution in [-0.2, 0) is 5.88 Å². The van der Waals surface area contributed by atoms with E-state index in [9.17, 15) is 0 Å². The predicted octanol–water partition coefficient (Wildman–Crippen LogP) is 3.06. The molecule has 0 aromatic heterocycles. The average Bonchev–Trinajstić information content (AvgIpc) is 2.04. The molecule has 56 valence electrons. The number of hydrogen-bond acceptors (Lipinski definition) is 1. The Hall–Kier alpha value is -0.520. The Bertz CT molecular complexity index is 303. The molecule has 0 atom stereocenters. The molecule has 0 amide bonds. The van der Waals surface area contributed by atoms with Gasteiger partial charge < -0.3 is 0 Å². The highest BCUT2D eigenvalue weighted by atomic mass is 79.9. The first-order valence-corrected chi connectivity index (χ1v) is 4.35. The lowest BCUT2D eigenvalue weighted by atomic mass is 10.2. The van der Waals surface area contributed by atoms with Crippen LogP contribution in [0.4, 0.5) is 0 Å². The fourth-order valence-electron chi connectivity index (χ4n) is 0.732. The van der Waals surface area contributed by atoms with Crippen molar-refractivity contribution >= 4 is 27.5 Å². The molecule has 0 N–H and O–H groups in total. The summed E-state index contributed by atoms with van der Waals surface area (Å²) in [7, 11) is 0. The van der Waals surface area contributed by atoms with Gasteiger partial charge in [0.2, 0.25) is 0 Å². The topological polar surface area (TPSA) is 23.8 Å². The van der Waals surface area contributed by atoms with Crippen LogP contribution in [0.15, 0.2) is 22.7 Å². The molecule has 0 bridgehead atoms. The maximum atomic E-state index is 8.57. The van der Waals surface area contributed by atoms with Crippen molar-refractivity contribution in [1.82, 2.24) is 0 Å². The van der Waals surface area contributed by atoms with Gasteiger partial charge in [-0.15, -0.1) is 11.6 Å². The Kier molecular flexibility index (Phi) is 2.92. The van der Waals surface area contributed by atoms with Crippen molar-refractivity contribution in [2.45, 2.75) is 5.88 Å². The number of rotatable bonds is 1. The molecule has 3 heteroatoms. The van der Waals surface area contributed by atoms with Crippen LogP contribution in [0.5, 0.6) is 0 Å². The van der Waals surface area contributed by atoms with Gasteiger partial charge in [0.15, 0.2) is 0 Å². The quantitative estimate of drug-likeness (QED) is 0.680. The SMILES string of the molecule is N#Cc1ccc(CCl)cc1Br. The Morgan fingerprint density at radius 3 is 2.73 bits per heavy atom. The van der Waals surface area contributed by atoms with Gasteiger partial charge in [0.1, 0.15) is 6.07 Å². The molecule has 1 aromatic carbocycles. The van der Waals surface area contributed by atoms with Crippen molar-refractivity contribution in [3.8, 4) is 6.07 Å². The summed E-state index contributed by atoms with van der Waals surface area (Å²) in [6.07, 6.45) is 0. The maximum Gasteiger partial charge on any atom is 0.100 e. The number of alkyl halides is 1. The Morgan fingerprint density at radius 1 is 1.55 bits per heavy atom. The van der Waals surface area contributed by atoms with Gasteiger partial charge in [-0.25, -0.2) is 0 Å². The lowest BCUT2D eigenvalue weighted by molar-refractivity contribution is 1.36. The fourth-order valence-corrected chi connectivity index (χ4v) is 1.41. The second-order valence-corrected chi connectivity index (χ2v) is 3.18. The third-order valence-electron chi connectivity index (χ3n) is 1.31. The van der Waals surface area contributed by atoms with Gasteiger partial charge in [-0.3, -0.25) is 0 Å². The lowest BCUT2D eigenvalue weighted by Crippen LogP contribution is -1.81. The van der Waals surface area contributed by atoms with E-state index < -0.39 is 0 Å². The number of nitrogens with zero attached hydrogens (tertiary/aromatic N) is 1. The van der Waals surface area contributed by atoms with Gasteiger partial charge in [0, 0.05) is 10.4 Å². The average molecular weight is 230 g/mol. The third-order valence-corrected chi connectivity index (χ3v) is 2.27.